The molecule has 14 heteroatoms. The number of nitrogens with zero attached hydrogens (tertiary/aromatic N) is 4. The number of rotatable bonds is 7. The van der Waals surface area contributed by atoms with Gasteiger partial charge in [0.15, 0.2) is 12.0 Å². The summed E-state index contributed by atoms with van der Waals surface area (Å²) in [6.45, 7) is -0.774. The molecule has 1 aliphatic heterocycles. The van der Waals surface area contributed by atoms with Crippen LogP contribution in [0.1, 0.15) is 6.23 Å². The summed E-state index contributed by atoms with van der Waals surface area (Å²) in [5.74, 6) is 0.276. The van der Waals surface area contributed by atoms with Crippen molar-refractivity contribution in [3.05, 3.63) is 86.0 Å². The standard InChI is InChI=1S/C19H16N5O8P/c20-23-22-19(16(27)15(26)17(31-19)24-9-8-14(25)21-18(24)28)10-30-33(29)32-13-7-3-5-11-4-1-2-6-12(11)13/h1-9,15-17,26-27H,10H2/p+1/t15-,16+,17-,19-/m1/s1. The van der Waals surface area contributed by atoms with Gasteiger partial charge < -0.3 is 14.9 Å². The first-order valence-corrected chi connectivity index (χ1v) is 10.6. The van der Waals surface area contributed by atoms with Crippen molar-refractivity contribution in [1.82, 2.24) is 9.55 Å². The number of fused-ring (bicyclic) bond motifs is 1. The summed E-state index contributed by atoms with van der Waals surface area (Å²) in [6.07, 6.45) is -4.10. The van der Waals surface area contributed by atoms with E-state index in [1.165, 1.54) is 0 Å². The second kappa shape index (κ2) is 9.12. The molecule has 1 unspecified atom stereocenters. The molecule has 0 amide bonds. The fraction of sp³-hybridized carbons (Fsp3) is 0.263. The van der Waals surface area contributed by atoms with Crippen LogP contribution in [0.5, 0.6) is 5.75 Å². The van der Waals surface area contributed by atoms with Crippen molar-refractivity contribution in [2.45, 2.75) is 24.2 Å². The summed E-state index contributed by atoms with van der Waals surface area (Å²) in [6, 6.07) is 13.4. The summed E-state index contributed by atoms with van der Waals surface area (Å²) in [7, 11) is -2.82. The minimum atomic E-state index is -2.82. The quantitative estimate of drug-likeness (QED) is 0.199. The molecule has 4 rings (SSSR count). The third-order valence-electron chi connectivity index (χ3n) is 5.04. The Bertz CT molecular complexity index is 1360. The minimum Gasteiger partial charge on any atom is -0.387 e. The van der Waals surface area contributed by atoms with Crippen molar-refractivity contribution in [2.75, 3.05) is 6.61 Å². The van der Waals surface area contributed by atoms with E-state index in [0.717, 1.165) is 22.2 Å². The van der Waals surface area contributed by atoms with Gasteiger partial charge in [0.2, 0.25) is 5.72 Å². The lowest BCUT2D eigenvalue weighted by Crippen LogP contribution is -2.44. The third-order valence-corrected chi connectivity index (χ3v) is 5.73. The number of benzene rings is 2. The summed E-state index contributed by atoms with van der Waals surface area (Å²) in [5, 5.41) is 25.8. The molecule has 2 aromatic carbocycles. The molecule has 1 aromatic heterocycles. The van der Waals surface area contributed by atoms with Gasteiger partial charge >= 0.3 is 13.9 Å². The highest BCUT2D eigenvalue weighted by Gasteiger charge is 2.57. The predicted octanol–water partition coefficient (Wildman–Crippen LogP) is 1.70. The maximum atomic E-state index is 12.5. The summed E-state index contributed by atoms with van der Waals surface area (Å²) in [4.78, 5) is 27.9. The number of azide groups is 1. The van der Waals surface area contributed by atoms with Gasteiger partial charge in [-0.2, -0.15) is 0 Å². The molecule has 1 fully saturated rings. The molecule has 0 aliphatic carbocycles. The van der Waals surface area contributed by atoms with Gasteiger partial charge in [0.1, 0.15) is 18.8 Å². The van der Waals surface area contributed by atoms with Crippen LogP contribution in [-0.4, -0.2) is 44.3 Å². The van der Waals surface area contributed by atoms with Crippen LogP contribution in [0.15, 0.2) is 69.4 Å². The third kappa shape index (κ3) is 4.37. The Morgan fingerprint density at radius 3 is 2.73 bits per heavy atom. The van der Waals surface area contributed by atoms with Gasteiger partial charge in [0.05, 0.1) is 0 Å². The number of hydrogen-bond donors (Lipinski definition) is 3. The van der Waals surface area contributed by atoms with E-state index in [-0.39, 0.29) is 5.75 Å². The first-order valence-electron chi connectivity index (χ1n) is 9.52. The molecule has 0 spiro atoms. The monoisotopic (exact) mass is 474 g/mol. The highest BCUT2D eigenvalue weighted by molar-refractivity contribution is 7.33. The van der Waals surface area contributed by atoms with Gasteiger partial charge in [-0.05, 0) is 17.0 Å². The topological polar surface area (TPSA) is 189 Å². The van der Waals surface area contributed by atoms with E-state index in [2.05, 4.69) is 10.0 Å². The fourth-order valence-corrected chi connectivity index (χ4v) is 4.12. The van der Waals surface area contributed by atoms with Gasteiger partial charge in [-0.3, -0.25) is 14.3 Å². The second-order valence-corrected chi connectivity index (χ2v) is 7.95. The van der Waals surface area contributed by atoms with E-state index < -0.39 is 50.3 Å². The Morgan fingerprint density at radius 2 is 1.97 bits per heavy atom. The van der Waals surface area contributed by atoms with E-state index in [0.29, 0.717) is 5.39 Å². The van der Waals surface area contributed by atoms with Crippen molar-refractivity contribution in [1.29, 1.82) is 0 Å². The van der Waals surface area contributed by atoms with E-state index in [1.54, 1.807) is 24.3 Å². The smallest absolute Gasteiger partial charge is 0.387 e. The molecule has 13 nitrogen and oxygen atoms in total. The SMILES string of the molecule is [N-]=[N+]=N[C@]1(CO[P+](=O)Oc2cccc3ccccc23)O[C@@H](n2ccc(=O)[nH]c2=O)[C@H](O)[C@@H]1O. The molecule has 1 aliphatic rings. The molecule has 2 heterocycles. The second-order valence-electron chi connectivity index (χ2n) is 7.06. The molecule has 5 atom stereocenters. The molecular weight excluding hydrogens is 457 g/mol. The Labute approximate surface area is 185 Å². The zero-order valence-corrected chi connectivity index (χ0v) is 17.6. The number of hydrogen-bond acceptors (Lipinski definition) is 9. The number of ether oxygens (including phenoxy) is 1. The predicted molar refractivity (Wildman–Crippen MR) is 113 cm³/mol. The number of aliphatic hydroxyl groups excluding tert-OH is 2. The molecule has 3 N–H and O–H groups in total. The lowest BCUT2D eigenvalue weighted by molar-refractivity contribution is -0.120. The molecule has 3 aromatic rings. The minimum absolute atomic E-state index is 0.276. The van der Waals surface area contributed by atoms with Crippen molar-refractivity contribution in [2.24, 2.45) is 5.11 Å². The average Bonchev–Trinajstić information content (AvgIpc) is 3.04. The largest absolute Gasteiger partial charge is 0.750 e. The lowest BCUT2D eigenvalue weighted by atomic mass is 10.1. The van der Waals surface area contributed by atoms with Crippen LogP contribution >= 0.6 is 8.25 Å². The first-order chi connectivity index (χ1) is 15.8. The van der Waals surface area contributed by atoms with E-state index in [4.69, 9.17) is 19.3 Å². The van der Waals surface area contributed by atoms with Gasteiger partial charge in [-0.25, -0.2) is 9.32 Å². The summed E-state index contributed by atoms with van der Waals surface area (Å²) < 4.78 is 29.3. The van der Waals surface area contributed by atoms with Crippen LogP contribution in [0.3, 0.4) is 0 Å². The molecule has 0 radical (unpaired) electrons. The van der Waals surface area contributed by atoms with Crippen LogP contribution < -0.4 is 15.8 Å². The van der Waals surface area contributed by atoms with Gasteiger partial charge in [-0.15, -0.1) is 4.52 Å². The zero-order valence-electron chi connectivity index (χ0n) is 16.7. The maximum absolute atomic E-state index is 12.5. The first kappa shape index (κ1) is 22.6. The van der Waals surface area contributed by atoms with E-state index in [9.17, 15) is 24.4 Å². The van der Waals surface area contributed by atoms with Gasteiger partial charge in [0, 0.05) is 27.1 Å². The summed E-state index contributed by atoms with van der Waals surface area (Å²) >= 11 is 0. The molecule has 1 saturated heterocycles. The average molecular weight is 474 g/mol. The number of aromatic nitrogens is 2. The molecule has 170 valence electrons. The van der Waals surface area contributed by atoms with Crippen LogP contribution in [0.2, 0.25) is 0 Å². The van der Waals surface area contributed by atoms with Crippen molar-refractivity contribution in [3.8, 4) is 5.75 Å². The number of nitrogens with one attached hydrogen (secondary N) is 1. The highest BCUT2D eigenvalue weighted by atomic mass is 31.1. The highest BCUT2D eigenvalue weighted by Crippen LogP contribution is 2.41. The molecular formula is C19H17N5O8P+. The summed E-state index contributed by atoms with van der Waals surface area (Å²) in [5.41, 5.74) is 5.13. The van der Waals surface area contributed by atoms with E-state index >= 15 is 0 Å². The van der Waals surface area contributed by atoms with Crippen LogP contribution in [0.4, 0.5) is 0 Å². The maximum Gasteiger partial charge on any atom is 0.750 e. The van der Waals surface area contributed by atoms with Crippen molar-refractivity contribution >= 4 is 19.0 Å². The molecule has 0 saturated carbocycles. The Balaban J connectivity index is 1.54. The van der Waals surface area contributed by atoms with Crippen molar-refractivity contribution < 1.29 is 28.6 Å². The molecule has 0 bridgehead atoms. The van der Waals surface area contributed by atoms with Crippen LogP contribution in [0, 0.1) is 0 Å². The molecule has 33 heavy (non-hydrogen) atoms. The lowest BCUT2D eigenvalue weighted by Gasteiger charge is -2.23. The Morgan fingerprint density at radius 1 is 1.21 bits per heavy atom. The number of H-pyrrole nitrogens is 1. The van der Waals surface area contributed by atoms with Crippen LogP contribution in [0.25, 0.3) is 21.2 Å². The Kier molecular flexibility index (Phi) is 6.25. The number of aromatic amines is 1. The van der Waals surface area contributed by atoms with Gasteiger partial charge in [-0.1, -0.05) is 41.5 Å². The Hall–Kier alpha value is -3.57. The fourth-order valence-electron chi connectivity index (χ4n) is 3.45. The van der Waals surface area contributed by atoms with E-state index in [1.807, 2.05) is 23.2 Å². The van der Waals surface area contributed by atoms with Crippen LogP contribution in [-0.2, 0) is 13.8 Å². The van der Waals surface area contributed by atoms with Gasteiger partial charge in [0.25, 0.3) is 5.56 Å². The normalized spacial score (nSPS) is 24.9. The number of aliphatic hydroxyl groups is 2. The zero-order chi connectivity index (χ0) is 23.6. The van der Waals surface area contributed by atoms with Crippen molar-refractivity contribution in [3.63, 3.8) is 0 Å².